The number of methoxy groups -OCH3 is 1. The lowest BCUT2D eigenvalue weighted by Gasteiger charge is -2.30. The van der Waals surface area contributed by atoms with Crippen LogP contribution < -0.4 is 4.74 Å². The van der Waals surface area contributed by atoms with E-state index in [4.69, 9.17) is 18.6 Å². The average Bonchev–Trinajstić information content (AvgIpc) is 3.07. The van der Waals surface area contributed by atoms with Crippen LogP contribution in [0.5, 0.6) is 5.75 Å². The maximum atomic E-state index is 12.3. The molecule has 154 valence electrons. The van der Waals surface area contributed by atoms with Crippen molar-refractivity contribution in [1.29, 1.82) is 0 Å². The highest BCUT2D eigenvalue weighted by molar-refractivity contribution is 5.95. The Morgan fingerprint density at radius 2 is 2.00 bits per heavy atom. The van der Waals surface area contributed by atoms with Crippen LogP contribution in [0.3, 0.4) is 0 Å². The quantitative estimate of drug-likeness (QED) is 0.531. The molecule has 3 rings (SSSR count). The molecule has 1 aliphatic rings. The molecule has 0 aliphatic heterocycles. The van der Waals surface area contributed by atoms with Gasteiger partial charge in [-0.2, -0.15) is 0 Å². The molecule has 1 heterocycles. The van der Waals surface area contributed by atoms with Crippen molar-refractivity contribution in [3.63, 3.8) is 0 Å². The van der Waals surface area contributed by atoms with Crippen LogP contribution in [-0.4, -0.2) is 25.2 Å². The van der Waals surface area contributed by atoms with E-state index in [2.05, 4.69) is 0 Å². The van der Waals surface area contributed by atoms with E-state index in [0.29, 0.717) is 16.9 Å². The molecule has 2 unspecified atom stereocenters. The second-order valence-electron chi connectivity index (χ2n) is 7.23. The van der Waals surface area contributed by atoms with Gasteiger partial charge in [-0.25, -0.2) is 4.79 Å². The van der Waals surface area contributed by atoms with Crippen LogP contribution in [0, 0.1) is 6.92 Å². The van der Waals surface area contributed by atoms with Crippen molar-refractivity contribution in [3.8, 4) is 5.75 Å². The number of hydrogen-bond acceptors (Lipinski definition) is 6. The van der Waals surface area contributed by atoms with Gasteiger partial charge in [0.15, 0.2) is 11.3 Å². The first-order chi connectivity index (χ1) is 13.8. The largest absolute Gasteiger partial charge is 0.492 e. The average molecular weight is 398 g/mol. The summed E-state index contributed by atoms with van der Waals surface area (Å²) in [5.74, 6) is -0.253. The van der Waals surface area contributed by atoms with Gasteiger partial charge in [0.2, 0.25) is 0 Å². The molecular weight excluding hydrogens is 372 g/mol. The van der Waals surface area contributed by atoms with Crippen molar-refractivity contribution in [1.82, 2.24) is 0 Å². The molecule has 0 saturated heterocycles. The Bertz CT molecular complexity index is 1020. The zero-order valence-electron chi connectivity index (χ0n) is 17.6. The lowest BCUT2D eigenvalue weighted by Crippen LogP contribution is -2.25. The molecule has 1 aromatic heterocycles. The van der Waals surface area contributed by atoms with Gasteiger partial charge in [0.1, 0.15) is 12.7 Å². The van der Waals surface area contributed by atoms with E-state index >= 15 is 0 Å². The Morgan fingerprint density at radius 3 is 2.62 bits per heavy atom. The minimum Gasteiger partial charge on any atom is -0.492 e. The van der Waals surface area contributed by atoms with Gasteiger partial charge in [-0.15, -0.1) is 0 Å². The Hall–Kier alpha value is -3.02. The zero-order valence-corrected chi connectivity index (χ0v) is 17.6. The number of fused-ring (bicyclic) bond motifs is 2. The van der Waals surface area contributed by atoms with Gasteiger partial charge < -0.3 is 18.6 Å². The fourth-order valence-electron chi connectivity index (χ4n) is 3.79. The third-order valence-electron chi connectivity index (χ3n) is 5.35. The van der Waals surface area contributed by atoms with E-state index in [9.17, 15) is 9.59 Å². The Kier molecular flexibility index (Phi) is 5.82. The summed E-state index contributed by atoms with van der Waals surface area (Å²) in [5, 5.41) is 0.857. The second-order valence-corrected chi connectivity index (χ2v) is 7.23. The number of rotatable bonds is 5. The van der Waals surface area contributed by atoms with Gasteiger partial charge >= 0.3 is 11.9 Å². The number of furan rings is 1. The highest BCUT2D eigenvalue weighted by Crippen LogP contribution is 2.46. The van der Waals surface area contributed by atoms with Crippen molar-refractivity contribution in [2.75, 3.05) is 7.11 Å². The first-order valence-corrected chi connectivity index (χ1v) is 9.56. The molecule has 6 heteroatoms. The first kappa shape index (κ1) is 20.7. The molecule has 0 radical (unpaired) electrons. The normalized spacial score (nSPS) is 18.5. The predicted molar refractivity (Wildman–Crippen MR) is 110 cm³/mol. The van der Waals surface area contributed by atoms with Gasteiger partial charge in [0.05, 0.1) is 13.4 Å². The number of benzene rings is 1. The molecule has 0 amide bonds. The number of ether oxygens (including phenoxy) is 3. The summed E-state index contributed by atoms with van der Waals surface area (Å²) < 4.78 is 22.5. The van der Waals surface area contributed by atoms with Gasteiger partial charge in [-0.1, -0.05) is 19.1 Å². The standard InChI is InChI=1S/C23H26O6/c1-7-12(2)23(25)28-11-17-19-13(3)10-27-22(19)21(26-6)16-8-9-18(29-15(5)24)14(4)20(16)17/h7-10,14,18H,11H2,1-6H3. The molecule has 0 fully saturated rings. The molecule has 29 heavy (non-hydrogen) atoms. The van der Waals surface area contributed by atoms with Crippen molar-refractivity contribution < 1.29 is 28.2 Å². The van der Waals surface area contributed by atoms with Crippen LogP contribution >= 0.6 is 0 Å². The lowest BCUT2D eigenvalue weighted by molar-refractivity contribution is -0.145. The van der Waals surface area contributed by atoms with Gasteiger partial charge in [0.25, 0.3) is 0 Å². The summed E-state index contributed by atoms with van der Waals surface area (Å²) in [4.78, 5) is 23.8. The maximum absolute atomic E-state index is 12.3. The predicted octanol–water partition coefficient (Wildman–Crippen LogP) is 4.82. The lowest BCUT2D eigenvalue weighted by atomic mass is 9.81. The molecule has 0 spiro atoms. The molecule has 2 atom stereocenters. The third-order valence-corrected chi connectivity index (χ3v) is 5.35. The first-order valence-electron chi connectivity index (χ1n) is 9.56. The highest BCUT2D eigenvalue weighted by Gasteiger charge is 2.33. The number of hydrogen-bond donors (Lipinski definition) is 0. The smallest absolute Gasteiger partial charge is 0.333 e. The number of carbonyl (C=O) groups excluding carboxylic acids is 2. The van der Waals surface area contributed by atoms with E-state index in [1.54, 1.807) is 33.3 Å². The summed E-state index contributed by atoms with van der Waals surface area (Å²) in [5.41, 5.74) is 4.69. The highest BCUT2D eigenvalue weighted by atomic mass is 16.5. The molecule has 0 N–H and O–H groups in total. The molecule has 6 nitrogen and oxygen atoms in total. The summed E-state index contributed by atoms with van der Waals surface area (Å²) in [7, 11) is 1.60. The third kappa shape index (κ3) is 3.67. The minimum absolute atomic E-state index is 0.0815. The van der Waals surface area contributed by atoms with Gasteiger partial charge in [-0.05, 0) is 38.0 Å². The molecule has 0 saturated carbocycles. The van der Waals surface area contributed by atoms with Crippen LogP contribution in [-0.2, 0) is 25.7 Å². The van der Waals surface area contributed by atoms with Crippen molar-refractivity contribution in [3.05, 3.63) is 46.2 Å². The van der Waals surface area contributed by atoms with E-state index in [0.717, 1.165) is 27.6 Å². The van der Waals surface area contributed by atoms with Crippen LogP contribution in [0.4, 0.5) is 0 Å². The Labute approximate surface area is 170 Å². The summed E-state index contributed by atoms with van der Waals surface area (Å²) in [6.45, 7) is 8.90. The van der Waals surface area contributed by atoms with Crippen LogP contribution in [0.15, 0.2) is 28.4 Å². The SMILES string of the molecule is CC=C(C)C(=O)OCc1c2c(c(OC)c3occ(C)c13)C=CC(OC(C)=O)C2C. The molecule has 0 bridgehead atoms. The van der Waals surface area contributed by atoms with Gasteiger partial charge in [-0.3, -0.25) is 4.79 Å². The Balaban J connectivity index is 2.20. The van der Waals surface area contributed by atoms with E-state index in [1.165, 1.54) is 6.92 Å². The number of allylic oxidation sites excluding steroid dienone is 1. The minimum atomic E-state index is -0.416. The van der Waals surface area contributed by atoms with E-state index < -0.39 is 6.10 Å². The second kappa shape index (κ2) is 8.15. The Morgan fingerprint density at radius 1 is 1.28 bits per heavy atom. The topological polar surface area (TPSA) is 75.0 Å². The summed E-state index contributed by atoms with van der Waals surface area (Å²) >= 11 is 0. The summed E-state index contributed by atoms with van der Waals surface area (Å²) in [6.07, 6.45) is 6.69. The molecule has 2 aromatic rings. The molecule has 1 aromatic carbocycles. The monoisotopic (exact) mass is 398 g/mol. The number of esters is 2. The van der Waals surface area contributed by atoms with E-state index in [-0.39, 0.29) is 24.5 Å². The van der Waals surface area contributed by atoms with Crippen LogP contribution in [0.2, 0.25) is 0 Å². The van der Waals surface area contributed by atoms with Crippen LogP contribution in [0.25, 0.3) is 17.0 Å². The van der Waals surface area contributed by atoms with Crippen molar-refractivity contribution in [2.45, 2.75) is 53.2 Å². The van der Waals surface area contributed by atoms with Crippen molar-refractivity contribution in [2.24, 2.45) is 0 Å². The molecular formula is C23H26O6. The van der Waals surface area contributed by atoms with Crippen molar-refractivity contribution >= 4 is 29.0 Å². The van der Waals surface area contributed by atoms with Gasteiger partial charge in [0, 0.05) is 34.9 Å². The fraction of sp³-hybridized carbons (Fsp3) is 0.391. The van der Waals surface area contributed by atoms with Crippen LogP contribution in [0.1, 0.15) is 55.9 Å². The fourth-order valence-corrected chi connectivity index (χ4v) is 3.79. The maximum Gasteiger partial charge on any atom is 0.333 e. The van der Waals surface area contributed by atoms with E-state index in [1.807, 2.05) is 26.0 Å². The number of aryl methyl sites for hydroxylation is 1. The molecule has 1 aliphatic carbocycles. The number of carbonyl (C=O) groups is 2. The summed E-state index contributed by atoms with van der Waals surface area (Å²) in [6, 6.07) is 0. The zero-order chi connectivity index (χ0) is 21.3.